The maximum atomic E-state index is 12.1. The lowest BCUT2D eigenvalue weighted by molar-refractivity contribution is -0.117. The van der Waals surface area contributed by atoms with Crippen molar-refractivity contribution < 1.29 is 9.59 Å². The summed E-state index contributed by atoms with van der Waals surface area (Å²) >= 11 is 0. The van der Waals surface area contributed by atoms with Crippen LogP contribution in [-0.4, -0.2) is 28.5 Å². The third-order valence-corrected chi connectivity index (χ3v) is 5.00. The molecule has 4 rings (SSSR count). The van der Waals surface area contributed by atoms with Crippen LogP contribution in [0.5, 0.6) is 0 Å². The van der Waals surface area contributed by atoms with Crippen LogP contribution in [0.15, 0.2) is 42.6 Å². The number of carbonyl (C=O) groups excluding carboxylic acids is 2. The summed E-state index contributed by atoms with van der Waals surface area (Å²) < 4.78 is 0. The summed E-state index contributed by atoms with van der Waals surface area (Å²) in [5, 5.41) is 9.58. The standard InChI is InChI=1S/C22H25N5O2/c1-2-3-11-24-22(29)25-16-8-6-14(7-9-16)18-13-19(27-21(28)15-4-5-15)26-20-17(18)10-12-23-20/h6-10,12-13,15H,2-5,11H2,1H3,(H2,24,25,29)(H2,23,26,27,28). The first-order valence-electron chi connectivity index (χ1n) is 10.1. The van der Waals surface area contributed by atoms with Crippen LogP contribution in [0.25, 0.3) is 22.2 Å². The second kappa shape index (κ2) is 8.34. The number of rotatable bonds is 7. The Hall–Kier alpha value is -3.35. The molecule has 4 N–H and O–H groups in total. The van der Waals surface area contributed by atoms with Crippen LogP contribution >= 0.6 is 0 Å². The van der Waals surface area contributed by atoms with Gasteiger partial charge in [0.05, 0.1) is 0 Å². The van der Waals surface area contributed by atoms with E-state index in [1.807, 2.05) is 42.6 Å². The third kappa shape index (κ3) is 4.56. The van der Waals surface area contributed by atoms with Crippen molar-refractivity contribution in [2.24, 2.45) is 5.92 Å². The van der Waals surface area contributed by atoms with E-state index in [0.29, 0.717) is 12.4 Å². The number of benzene rings is 1. The first kappa shape index (κ1) is 19.0. The highest BCUT2D eigenvalue weighted by Crippen LogP contribution is 2.33. The Morgan fingerprint density at radius 1 is 1.14 bits per heavy atom. The monoisotopic (exact) mass is 391 g/mol. The number of aromatic amines is 1. The molecule has 0 saturated heterocycles. The molecule has 1 aliphatic rings. The molecule has 0 atom stereocenters. The van der Waals surface area contributed by atoms with Crippen LogP contribution in [0.1, 0.15) is 32.6 Å². The molecule has 0 radical (unpaired) electrons. The van der Waals surface area contributed by atoms with Gasteiger partial charge in [-0.05, 0) is 54.7 Å². The zero-order chi connectivity index (χ0) is 20.2. The van der Waals surface area contributed by atoms with Gasteiger partial charge in [0.25, 0.3) is 0 Å². The summed E-state index contributed by atoms with van der Waals surface area (Å²) in [6.45, 7) is 2.75. The zero-order valence-electron chi connectivity index (χ0n) is 16.4. The Balaban J connectivity index is 1.53. The van der Waals surface area contributed by atoms with Gasteiger partial charge in [-0.15, -0.1) is 0 Å². The number of unbranched alkanes of at least 4 members (excludes halogenated alkanes) is 1. The minimum Gasteiger partial charge on any atom is -0.346 e. The Morgan fingerprint density at radius 3 is 2.66 bits per heavy atom. The number of nitrogens with zero attached hydrogens (tertiary/aromatic N) is 1. The highest BCUT2D eigenvalue weighted by molar-refractivity contribution is 5.99. The number of H-pyrrole nitrogens is 1. The SMILES string of the molecule is CCCCNC(=O)Nc1ccc(-c2cc(NC(=O)C3CC3)nc3[nH]ccc23)cc1. The van der Waals surface area contributed by atoms with Crippen LogP contribution in [0.4, 0.5) is 16.3 Å². The van der Waals surface area contributed by atoms with Crippen LogP contribution in [0, 0.1) is 5.92 Å². The Bertz CT molecular complexity index is 1020. The van der Waals surface area contributed by atoms with Gasteiger partial charge in [0, 0.05) is 29.7 Å². The van der Waals surface area contributed by atoms with Gasteiger partial charge in [-0.2, -0.15) is 0 Å². The fraction of sp³-hybridized carbons (Fsp3) is 0.318. The van der Waals surface area contributed by atoms with E-state index in [2.05, 4.69) is 32.8 Å². The smallest absolute Gasteiger partial charge is 0.319 e. The number of hydrogen-bond donors (Lipinski definition) is 4. The summed E-state index contributed by atoms with van der Waals surface area (Å²) in [6.07, 6.45) is 5.73. The molecule has 3 aromatic rings. The molecule has 0 bridgehead atoms. The predicted molar refractivity (Wildman–Crippen MR) is 115 cm³/mol. The lowest BCUT2D eigenvalue weighted by atomic mass is 10.0. The Labute approximate surface area is 169 Å². The number of pyridine rings is 1. The molecule has 1 fully saturated rings. The summed E-state index contributed by atoms with van der Waals surface area (Å²) in [6, 6.07) is 11.3. The van der Waals surface area contributed by atoms with Gasteiger partial charge in [-0.3, -0.25) is 4.79 Å². The van der Waals surface area contributed by atoms with Gasteiger partial charge in [0.15, 0.2) is 0 Å². The van der Waals surface area contributed by atoms with E-state index >= 15 is 0 Å². The molecule has 150 valence electrons. The molecular formula is C22H25N5O2. The van der Waals surface area contributed by atoms with Crippen LogP contribution in [0.2, 0.25) is 0 Å². The van der Waals surface area contributed by atoms with E-state index in [1.54, 1.807) is 0 Å². The third-order valence-electron chi connectivity index (χ3n) is 5.00. The average molecular weight is 391 g/mol. The number of urea groups is 1. The first-order valence-corrected chi connectivity index (χ1v) is 10.1. The van der Waals surface area contributed by atoms with Crippen molar-refractivity contribution in [1.82, 2.24) is 15.3 Å². The normalized spacial score (nSPS) is 13.3. The molecule has 3 amide bonds. The molecule has 0 spiro atoms. The summed E-state index contributed by atoms with van der Waals surface area (Å²) in [5.41, 5.74) is 3.41. The molecule has 7 nitrogen and oxygen atoms in total. The van der Waals surface area contributed by atoms with Crippen molar-refractivity contribution in [3.63, 3.8) is 0 Å². The molecule has 2 heterocycles. The van der Waals surface area contributed by atoms with Crippen molar-refractivity contribution in [2.45, 2.75) is 32.6 Å². The molecular weight excluding hydrogens is 366 g/mol. The van der Waals surface area contributed by atoms with E-state index < -0.39 is 0 Å². The minimum absolute atomic E-state index is 0.0305. The molecule has 2 aromatic heterocycles. The maximum Gasteiger partial charge on any atom is 0.319 e. The second-order valence-electron chi connectivity index (χ2n) is 7.37. The number of aromatic nitrogens is 2. The van der Waals surface area contributed by atoms with E-state index in [1.165, 1.54) is 0 Å². The van der Waals surface area contributed by atoms with E-state index in [-0.39, 0.29) is 17.9 Å². The number of hydrogen-bond acceptors (Lipinski definition) is 3. The highest BCUT2D eigenvalue weighted by atomic mass is 16.2. The molecule has 0 unspecified atom stereocenters. The van der Waals surface area contributed by atoms with E-state index in [0.717, 1.165) is 53.5 Å². The van der Waals surface area contributed by atoms with Crippen LogP contribution in [0.3, 0.4) is 0 Å². The van der Waals surface area contributed by atoms with E-state index in [4.69, 9.17) is 0 Å². The quantitative estimate of drug-likeness (QED) is 0.446. The van der Waals surface area contributed by atoms with Crippen molar-refractivity contribution >= 4 is 34.5 Å². The van der Waals surface area contributed by atoms with Gasteiger partial charge in [-0.1, -0.05) is 25.5 Å². The van der Waals surface area contributed by atoms with Crippen LogP contribution < -0.4 is 16.0 Å². The average Bonchev–Trinajstić information content (AvgIpc) is 3.46. The predicted octanol–water partition coefficient (Wildman–Crippen LogP) is 4.50. The molecule has 1 aromatic carbocycles. The summed E-state index contributed by atoms with van der Waals surface area (Å²) in [7, 11) is 0. The zero-order valence-corrected chi connectivity index (χ0v) is 16.4. The fourth-order valence-corrected chi connectivity index (χ4v) is 3.20. The van der Waals surface area contributed by atoms with Crippen LogP contribution in [-0.2, 0) is 4.79 Å². The van der Waals surface area contributed by atoms with Crippen molar-refractivity contribution in [2.75, 3.05) is 17.2 Å². The lowest BCUT2D eigenvalue weighted by Crippen LogP contribution is -2.29. The largest absolute Gasteiger partial charge is 0.346 e. The topological polar surface area (TPSA) is 98.9 Å². The minimum atomic E-state index is -0.201. The number of anilines is 2. The van der Waals surface area contributed by atoms with Crippen molar-refractivity contribution in [1.29, 1.82) is 0 Å². The number of amides is 3. The van der Waals surface area contributed by atoms with Crippen molar-refractivity contribution in [3.05, 3.63) is 42.6 Å². The summed E-state index contributed by atoms with van der Waals surface area (Å²) in [4.78, 5) is 31.7. The van der Waals surface area contributed by atoms with Gasteiger partial charge in [0.1, 0.15) is 11.5 Å². The Morgan fingerprint density at radius 2 is 1.93 bits per heavy atom. The van der Waals surface area contributed by atoms with Gasteiger partial charge < -0.3 is 20.9 Å². The van der Waals surface area contributed by atoms with Gasteiger partial charge >= 0.3 is 6.03 Å². The fourth-order valence-electron chi connectivity index (χ4n) is 3.20. The van der Waals surface area contributed by atoms with E-state index in [9.17, 15) is 9.59 Å². The summed E-state index contributed by atoms with van der Waals surface area (Å²) in [5.74, 6) is 0.695. The molecule has 7 heteroatoms. The Kier molecular flexibility index (Phi) is 5.46. The second-order valence-corrected chi connectivity index (χ2v) is 7.37. The maximum absolute atomic E-state index is 12.1. The van der Waals surface area contributed by atoms with Gasteiger partial charge in [-0.25, -0.2) is 9.78 Å². The van der Waals surface area contributed by atoms with Crippen molar-refractivity contribution in [3.8, 4) is 11.1 Å². The molecule has 0 aliphatic heterocycles. The number of fused-ring (bicyclic) bond motifs is 1. The number of carbonyl (C=O) groups is 2. The first-order chi connectivity index (χ1) is 14.1. The molecule has 1 saturated carbocycles. The number of nitrogens with one attached hydrogen (secondary N) is 4. The lowest BCUT2D eigenvalue weighted by Gasteiger charge is -2.10. The molecule has 29 heavy (non-hydrogen) atoms. The van der Waals surface area contributed by atoms with Gasteiger partial charge in [0.2, 0.25) is 5.91 Å². The molecule has 1 aliphatic carbocycles. The highest BCUT2D eigenvalue weighted by Gasteiger charge is 2.30.